The molecule has 0 saturated carbocycles. The molecule has 0 unspecified atom stereocenters. The number of benzene rings is 5. The Labute approximate surface area is 245 Å². The van der Waals surface area contributed by atoms with E-state index in [9.17, 15) is 19.2 Å². The van der Waals surface area contributed by atoms with E-state index in [0.717, 1.165) is 38.6 Å². The van der Waals surface area contributed by atoms with Crippen LogP contribution in [0.5, 0.6) is 11.5 Å². The molecule has 0 aliphatic rings. The van der Waals surface area contributed by atoms with Crippen LogP contribution < -0.4 is 9.47 Å². The average molecular weight is 563 g/mol. The summed E-state index contributed by atoms with van der Waals surface area (Å²) >= 11 is 0. The van der Waals surface area contributed by atoms with Crippen LogP contribution in [-0.2, 0) is 0 Å². The van der Waals surface area contributed by atoms with Crippen molar-refractivity contribution < 1.29 is 28.7 Å². The number of hydrogen-bond acceptors (Lipinski definition) is 6. The summed E-state index contributed by atoms with van der Waals surface area (Å²) in [5.74, 6) is 1.88. The van der Waals surface area contributed by atoms with Crippen LogP contribution >= 0.6 is 0 Å². The Hall–Kier alpha value is -5.10. The number of rotatable bonds is 6. The molecule has 0 bridgehead atoms. The van der Waals surface area contributed by atoms with E-state index in [0.29, 0.717) is 16.7 Å². The first kappa shape index (κ1) is 31.4. The van der Waals surface area contributed by atoms with Gasteiger partial charge in [-0.1, -0.05) is 42.5 Å². The van der Waals surface area contributed by atoms with Crippen molar-refractivity contribution in [2.45, 2.75) is 27.7 Å². The van der Waals surface area contributed by atoms with Gasteiger partial charge in [-0.2, -0.15) is 0 Å². The minimum absolute atomic E-state index is 0.0533. The van der Waals surface area contributed by atoms with Gasteiger partial charge < -0.3 is 9.47 Å². The van der Waals surface area contributed by atoms with Crippen LogP contribution in [-0.4, -0.2) is 37.4 Å². The van der Waals surface area contributed by atoms with Gasteiger partial charge in [0.05, 0.1) is 14.2 Å². The normalized spacial score (nSPS) is 10.0. The van der Waals surface area contributed by atoms with Gasteiger partial charge in [-0.15, -0.1) is 0 Å². The maximum absolute atomic E-state index is 11.2. The highest BCUT2D eigenvalue weighted by molar-refractivity contribution is 6.02. The first-order valence-electron chi connectivity index (χ1n) is 13.3. The van der Waals surface area contributed by atoms with E-state index in [1.165, 1.54) is 0 Å². The molecule has 5 aromatic carbocycles. The van der Waals surface area contributed by atoms with Crippen LogP contribution in [0.2, 0.25) is 0 Å². The molecule has 0 heterocycles. The molecule has 0 fully saturated rings. The molecule has 6 nitrogen and oxygen atoms in total. The number of ketones is 4. The summed E-state index contributed by atoms with van der Waals surface area (Å²) in [6, 6.07) is 29.6. The molecule has 6 heteroatoms. The predicted molar refractivity (Wildman–Crippen MR) is 167 cm³/mol. The largest absolute Gasteiger partial charge is 0.497 e. The van der Waals surface area contributed by atoms with Gasteiger partial charge in [-0.3, -0.25) is 19.2 Å². The molecule has 0 aromatic heterocycles. The predicted octanol–water partition coefficient (Wildman–Crippen LogP) is 8.19. The molecular formula is C36H34O6. The van der Waals surface area contributed by atoms with Gasteiger partial charge in [0.1, 0.15) is 11.5 Å². The third-order valence-electron chi connectivity index (χ3n) is 6.60. The molecule has 0 N–H and O–H groups in total. The second kappa shape index (κ2) is 14.5. The molecule has 0 aliphatic heterocycles. The van der Waals surface area contributed by atoms with E-state index in [1.807, 2.05) is 60.7 Å². The van der Waals surface area contributed by atoms with E-state index in [4.69, 9.17) is 9.47 Å². The van der Waals surface area contributed by atoms with Crippen molar-refractivity contribution in [2.24, 2.45) is 0 Å². The smallest absolute Gasteiger partial charge is 0.159 e. The fourth-order valence-electron chi connectivity index (χ4n) is 4.08. The molecule has 0 aliphatic carbocycles. The lowest BCUT2D eigenvalue weighted by Gasteiger charge is -2.03. The number of carbonyl (C=O) groups excluding carboxylic acids is 4. The minimum Gasteiger partial charge on any atom is -0.497 e. The van der Waals surface area contributed by atoms with Crippen molar-refractivity contribution in [3.05, 3.63) is 119 Å². The summed E-state index contributed by atoms with van der Waals surface area (Å²) in [6.45, 7) is 6.21. The summed E-state index contributed by atoms with van der Waals surface area (Å²) in [5.41, 5.74) is 2.85. The number of ether oxygens (including phenoxy) is 2. The van der Waals surface area contributed by atoms with Crippen molar-refractivity contribution >= 4 is 44.7 Å². The van der Waals surface area contributed by atoms with Crippen LogP contribution in [0.3, 0.4) is 0 Å². The van der Waals surface area contributed by atoms with E-state index in [2.05, 4.69) is 0 Å². The Bertz CT molecular complexity index is 1700. The summed E-state index contributed by atoms with van der Waals surface area (Å²) in [4.78, 5) is 44.4. The lowest BCUT2D eigenvalue weighted by molar-refractivity contribution is 0.100. The fraction of sp³-hybridized carbons (Fsp3) is 0.167. The summed E-state index contributed by atoms with van der Waals surface area (Å²) in [5, 5.41) is 4.11. The quantitative estimate of drug-likeness (QED) is 0.194. The number of hydrogen-bond donors (Lipinski definition) is 0. The SMILES string of the molecule is CC(=O)c1ccc2cc(C(C)=O)ccc2c1.COc1ccc(C(C)=O)cc1.COc1ccc2cc(C(C)=O)ccc2c1. The Balaban J connectivity index is 0.000000176. The van der Waals surface area contributed by atoms with Crippen LogP contribution in [0, 0.1) is 0 Å². The van der Waals surface area contributed by atoms with Crippen LogP contribution in [0.25, 0.3) is 21.5 Å². The van der Waals surface area contributed by atoms with Crippen molar-refractivity contribution in [3.8, 4) is 11.5 Å². The third-order valence-corrected chi connectivity index (χ3v) is 6.60. The molecule has 0 saturated heterocycles. The molecular weight excluding hydrogens is 528 g/mol. The molecule has 0 radical (unpaired) electrons. The van der Waals surface area contributed by atoms with E-state index in [-0.39, 0.29) is 23.1 Å². The van der Waals surface area contributed by atoms with Gasteiger partial charge in [0, 0.05) is 22.3 Å². The van der Waals surface area contributed by atoms with Crippen molar-refractivity contribution in [2.75, 3.05) is 14.2 Å². The third kappa shape index (κ3) is 8.45. The number of Topliss-reactive ketones (excluding diaryl/α,β-unsaturated/α-hetero) is 4. The zero-order valence-electron chi connectivity index (χ0n) is 24.7. The van der Waals surface area contributed by atoms with Gasteiger partial charge in [-0.25, -0.2) is 0 Å². The maximum atomic E-state index is 11.2. The van der Waals surface area contributed by atoms with Gasteiger partial charge in [-0.05, 0) is 104 Å². The lowest BCUT2D eigenvalue weighted by Crippen LogP contribution is -1.93. The summed E-state index contributed by atoms with van der Waals surface area (Å²) < 4.78 is 10.1. The maximum Gasteiger partial charge on any atom is 0.159 e. The average Bonchev–Trinajstić information content (AvgIpc) is 3.00. The number of methoxy groups -OCH3 is 2. The zero-order valence-corrected chi connectivity index (χ0v) is 24.7. The highest BCUT2D eigenvalue weighted by Crippen LogP contribution is 2.22. The highest BCUT2D eigenvalue weighted by Gasteiger charge is 2.04. The van der Waals surface area contributed by atoms with Crippen LogP contribution in [0.4, 0.5) is 0 Å². The Kier molecular flexibility index (Phi) is 10.9. The fourth-order valence-corrected chi connectivity index (χ4v) is 4.08. The second-order valence-electron chi connectivity index (χ2n) is 9.66. The topological polar surface area (TPSA) is 86.7 Å². The molecule has 42 heavy (non-hydrogen) atoms. The van der Waals surface area contributed by atoms with Crippen LogP contribution in [0.15, 0.2) is 97.1 Å². The van der Waals surface area contributed by atoms with E-state index < -0.39 is 0 Å². The van der Waals surface area contributed by atoms with Crippen LogP contribution in [0.1, 0.15) is 69.1 Å². The Morgan fingerprint density at radius 1 is 0.381 bits per heavy atom. The van der Waals surface area contributed by atoms with Crippen molar-refractivity contribution in [3.63, 3.8) is 0 Å². The summed E-state index contributed by atoms with van der Waals surface area (Å²) in [6.07, 6.45) is 0. The molecule has 214 valence electrons. The zero-order chi connectivity index (χ0) is 30.8. The first-order chi connectivity index (χ1) is 20.0. The molecule has 5 rings (SSSR count). The van der Waals surface area contributed by atoms with Crippen molar-refractivity contribution in [1.82, 2.24) is 0 Å². The first-order valence-corrected chi connectivity index (χ1v) is 13.3. The van der Waals surface area contributed by atoms with Gasteiger partial charge in [0.15, 0.2) is 23.1 Å². The summed E-state index contributed by atoms with van der Waals surface area (Å²) in [7, 11) is 3.24. The molecule has 0 atom stereocenters. The Morgan fingerprint density at radius 2 is 0.667 bits per heavy atom. The molecule has 0 spiro atoms. The highest BCUT2D eigenvalue weighted by atomic mass is 16.5. The van der Waals surface area contributed by atoms with Gasteiger partial charge in [0.2, 0.25) is 0 Å². The minimum atomic E-state index is 0.0533. The van der Waals surface area contributed by atoms with E-state index in [1.54, 1.807) is 78.3 Å². The second-order valence-corrected chi connectivity index (χ2v) is 9.66. The molecule has 5 aromatic rings. The number of fused-ring (bicyclic) bond motifs is 2. The standard InChI is InChI=1S/C14H12O2.C13H12O2.C9H10O2/c1-9(15)11-3-5-14-8-12(10(2)16)4-6-13(14)7-11;1-9(14)10-3-4-12-8-13(15-2)6-5-11(12)7-10;1-7(10)8-3-5-9(11-2)6-4-8/h3-8H,1-2H3;3-8H,1-2H3;3-6H,1-2H3. The van der Waals surface area contributed by atoms with E-state index >= 15 is 0 Å². The monoisotopic (exact) mass is 562 g/mol. The van der Waals surface area contributed by atoms with Gasteiger partial charge in [0.25, 0.3) is 0 Å². The van der Waals surface area contributed by atoms with Gasteiger partial charge >= 0.3 is 0 Å². The van der Waals surface area contributed by atoms with Crippen molar-refractivity contribution in [1.29, 1.82) is 0 Å². The Morgan fingerprint density at radius 3 is 1.00 bits per heavy atom. The molecule has 0 amide bonds. The number of carbonyl (C=O) groups is 4. The lowest BCUT2D eigenvalue weighted by atomic mass is 10.0.